The van der Waals surface area contributed by atoms with Crippen LogP contribution in [0.2, 0.25) is 5.02 Å². The van der Waals surface area contributed by atoms with Gasteiger partial charge in [-0.3, -0.25) is 14.6 Å². The number of nitriles is 1. The number of nitrogens with one attached hydrogen (secondary N) is 1. The Balaban J connectivity index is 1.53. The van der Waals surface area contributed by atoms with Crippen molar-refractivity contribution in [3.63, 3.8) is 0 Å². The van der Waals surface area contributed by atoms with E-state index < -0.39 is 23.1 Å². The highest BCUT2D eigenvalue weighted by Gasteiger charge is 2.14. The lowest BCUT2D eigenvalue weighted by atomic mass is 10.1. The summed E-state index contributed by atoms with van der Waals surface area (Å²) in [5.74, 6) is -2.58. The number of rotatable bonds is 5. The summed E-state index contributed by atoms with van der Waals surface area (Å²) in [6.07, 6.45) is 2.86. The zero-order chi connectivity index (χ0) is 23.5. The Kier molecular flexibility index (Phi) is 6.16. The predicted octanol–water partition coefficient (Wildman–Crippen LogP) is 4.18. The lowest BCUT2D eigenvalue weighted by Gasteiger charge is -2.10. The van der Waals surface area contributed by atoms with Crippen LogP contribution in [0, 0.1) is 23.0 Å². The Bertz CT molecular complexity index is 1490. The van der Waals surface area contributed by atoms with Gasteiger partial charge >= 0.3 is 0 Å². The Labute approximate surface area is 191 Å². The molecule has 0 saturated heterocycles. The second kappa shape index (κ2) is 9.18. The first-order valence-corrected chi connectivity index (χ1v) is 10.1. The number of hydrogen-bond acceptors (Lipinski definition) is 4. The quantitative estimate of drug-likeness (QED) is 0.480. The summed E-state index contributed by atoms with van der Waals surface area (Å²) in [5.41, 5.74) is 1.28. The van der Waals surface area contributed by atoms with E-state index in [2.05, 4.69) is 10.3 Å². The van der Waals surface area contributed by atoms with Crippen molar-refractivity contribution in [1.82, 2.24) is 14.9 Å². The molecule has 4 rings (SSSR count). The number of benzene rings is 2. The summed E-state index contributed by atoms with van der Waals surface area (Å²) in [7, 11) is 0. The van der Waals surface area contributed by atoms with E-state index in [9.17, 15) is 18.4 Å². The number of aromatic nitrogens is 2. The van der Waals surface area contributed by atoms with Gasteiger partial charge in [-0.1, -0.05) is 23.7 Å². The molecule has 0 saturated carbocycles. The summed E-state index contributed by atoms with van der Waals surface area (Å²) < 4.78 is 27.8. The number of pyridine rings is 2. The second-order valence-corrected chi connectivity index (χ2v) is 7.61. The third kappa shape index (κ3) is 4.59. The van der Waals surface area contributed by atoms with Crippen molar-refractivity contribution in [2.24, 2.45) is 0 Å². The molecule has 2 aromatic carbocycles. The standard InChI is InChI=1S/C24H15ClF2N4O2/c25-22-16(10-28)12-29-21-6-4-14(8-18(21)22)11-30-23(32)17-2-1-7-31(24(17)33)13-15-3-5-19(26)20(27)9-15/h1-9,12H,11,13H2,(H,30,32). The van der Waals surface area contributed by atoms with E-state index in [1.165, 1.54) is 35.2 Å². The van der Waals surface area contributed by atoms with Gasteiger partial charge in [0.2, 0.25) is 0 Å². The summed E-state index contributed by atoms with van der Waals surface area (Å²) >= 11 is 6.26. The molecule has 0 fully saturated rings. The predicted molar refractivity (Wildman–Crippen MR) is 119 cm³/mol. The summed E-state index contributed by atoms with van der Waals surface area (Å²) in [5, 5.41) is 12.7. The lowest BCUT2D eigenvalue weighted by molar-refractivity contribution is 0.0949. The smallest absolute Gasteiger partial charge is 0.263 e. The molecule has 2 heterocycles. The van der Waals surface area contributed by atoms with Gasteiger partial charge in [0.25, 0.3) is 11.5 Å². The molecule has 6 nitrogen and oxygen atoms in total. The fourth-order valence-electron chi connectivity index (χ4n) is 3.34. The van der Waals surface area contributed by atoms with E-state index in [0.717, 1.165) is 12.1 Å². The summed E-state index contributed by atoms with van der Waals surface area (Å²) in [6.45, 7) is 0.0912. The molecule has 0 bridgehead atoms. The van der Waals surface area contributed by atoms with Crippen LogP contribution in [0.5, 0.6) is 0 Å². The zero-order valence-corrected chi connectivity index (χ0v) is 17.7. The molecule has 2 aromatic heterocycles. The van der Waals surface area contributed by atoms with Crippen LogP contribution in [0.4, 0.5) is 8.78 Å². The Morgan fingerprint density at radius 2 is 1.91 bits per heavy atom. The number of halogens is 3. The Morgan fingerprint density at radius 1 is 1.12 bits per heavy atom. The molecule has 9 heteroatoms. The van der Waals surface area contributed by atoms with Crippen molar-refractivity contribution in [1.29, 1.82) is 5.26 Å². The topological polar surface area (TPSA) is 87.8 Å². The molecular formula is C24H15ClF2N4O2. The lowest BCUT2D eigenvalue weighted by Crippen LogP contribution is -2.32. The maximum atomic E-state index is 13.5. The molecule has 0 aliphatic heterocycles. The van der Waals surface area contributed by atoms with Crippen LogP contribution in [0.15, 0.2) is 65.7 Å². The van der Waals surface area contributed by atoms with E-state index in [0.29, 0.717) is 22.0 Å². The van der Waals surface area contributed by atoms with Crippen LogP contribution in [0.1, 0.15) is 27.0 Å². The molecule has 4 aromatic rings. The normalized spacial score (nSPS) is 10.7. The van der Waals surface area contributed by atoms with Gasteiger partial charge in [0.15, 0.2) is 11.6 Å². The van der Waals surface area contributed by atoms with E-state index in [1.54, 1.807) is 18.2 Å². The average molecular weight is 465 g/mol. The van der Waals surface area contributed by atoms with Crippen molar-refractivity contribution in [2.45, 2.75) is 13.1 Å². The van der Waals surface area contributed by atoms with Crippen molar-refractivity contribution < 1.29 is 13.6 Å². The molecule has 0 aliphatic carbocycles. The van der Waals surface area contributed by atoms with E-state index in [1.807, 2.05) is 6.07 Å². The maximum absolute atomic E-state index is 13.5. The number of carbonyl (C=O) groups is 1. The molecule has 0 aliphatic rings. The Hall–Kier alpha value is -4.09. The van der Waals surface area contributed by atoms with Gasteiger partial charge in [-0.15, -0.1) is 0 Å². The minimum absolute atomic E-state index is 0.0193. The zero-order valence-electron chi connectivity index (χ0n) is 17.0. The van der Waals surface area contributed by atoms with Crippen molar-refractivity contribution >= 4 is 28.4 Å². The van der Waals surface area contributed by atoms with Crippen LogP contribution in [-0.4, -0.2) is 15.5 Å². The molecular weight excluding hydrogens is 450 g/mol. The minimum atomic E-state index is -1.01. The van der Waals surface area contributed by atoms with Crippen molar-refractivity contribution in [3.8, 4) is 6.07 Å². The minimum Gasteiger partial charge on any atom is -0.348 e. The van der Waals surface area contributed by atoms with Crippen LogP contribution in [0.25, 0.3) is 10.9 Å². The fourth-order valence-corrected chi connectivity index (χ4v) is 3.58. The van der Waals surface area contributed by atoms with Gasteiger partial charge in [-0.2, -0.15) is 5.26 Å². The summed E-state index contributed by atoms with van der Waals surface area (Å²) in [4.78, 5) is 29.6. The second-order valence-electron chi connectivity index (χ2n) is 7.24. The Morgan fingerprint density at radius 3 is 2.67 bits per heavy atom. The van der Waals surface area contributed by atoms with Gasteiger partial charge in [-0.25, -0.2) is 8.78 Å². The molecule has 0 spiro atoms. The number of carbonyl (C=O) groups excluding carboxylic acids is 1. The van der Waals surface area contributed by atoms with Crippen LogP contribution >= 0.6 is 11.6 Å². The molecule has 0 atom stereocenters. The van der Waals surface area contributed by atoms with Gasteiger partial charge in [0, 0.05) is 24.3 Å². The van der Waals surface area contributed by atoms with Crippen LogP contribution < -0.4 is 10.9 Å². The first-order valence-electron chi connectivity index (χ1n) is 9.76. The molecule has 1 N–H and O–H groups in total. The third-order valence-corrected chi connectivity index (χ3v) is 5.45. The molecule has 0 unspecified atom stereocenters. The fraction of sp³-hybridized carbons (Fsp3) is 0.0833. The van der Waals surface area contributed by atoms with E-state index >= 15 is 0 Å². The summed E-state index contributed by atoms with van der Waals surface area (Å²) in [6, 6.07) is 13.4. The van der Waals surface area contributed by atoms with Gasteiger partial charge in [0.05, 0.1) is 22.6 Å². The number of amides is 1. The van der Waals surface area contributed by atoms with Gasteiger partial charge < -0.3 is 9.88 Å². The van der Waals surface area contributed by atoms with Gasteiger partial charge in [-0.05, 0) is 47.5 Å². The number of fused-ring (bicyclic) bond motifs is 1. The highest BCUT2D eigenvalue weighted by molar-refractivity contribution is 6.36. The van der Waals surface area contributed by atoms with Crippen molar-refractivity contribution in [3.05, 3.63) is 110 Å². The van der Waals surface area contributed by atoms with Crippen molar-refractivity contribution in [2.75, 3.05) is 0 Å². The van der Waals surface area contributed by atoms with Crippen LogP contribution in [-0.2, 0) is 13.1 Å². The third-order valence-electron chi connectivity index (χ3n) is 5.04. The highest BCUT2D eigenvalue weighted by atomic mass is 35.5. The van der Waals surface area contributed by atoms with E-state index in [-0.39, 0.29) is 29.2 Å². The number of nitrogens with zero attached hydrogens (tertiary/aromatic N) is 3. The number of hydrogen-bond donors (Lipinski definition) is 1. The monoisotopic (exact) mass is 464 g/mol. The SMILES string of the molecule is N#Cc1cnc2ccc(CNC(=O)c3cccn(Cc4ccc(F)c(F)c4)c3=O)cc2c1Cl. The molecule has 1 amide bonds. The first kappa shape index (κ1) is 22.1. The average Bonchev–Trinajstić information content (AvgIpc) is 2.81. The largest absolute Gasteiger partial charge is 0.348 e. The van der Waals surface area contributed by atoms with Gasteiger partial charge in [0.1, 0.15) is 11.6 Å². The van der Waals surface area contributed by atoms with E-state index in [4.69, 9.17) is 16.9 Å². The maximum Gasteiger partial charge on any atom is 0.263 e. The van der Waals surface area contributed by atoms with Crippen LogP contribution in [0.3, 0.4) is 0 Å². The molecule has 164 valence electrons. The molecule has 0 radical (unpaired) electrons. The molecule has 33 heavy (non-hydrogen) atoms. The first-order chi connectivity index (χ1) is 15.9. The highest BCUT2D eigenvalue weighted by Crippen LogP contribution is 2.26.